The van der Waals surface area contributed by atoms with E-state index in [1.807, 2.05) is 0 Å². The third-order valence-corrected chi connectivity index (χ3v) is 10.3. The molecule has 0 bridgehead atoms. The van der Waals surface area contributed by atoms with Crippen molar-refractivity contribution in [1.29, 1.82) is 0 Å². The van der Waals surface area contributed by atoms with E-state index in [2.05, 4.69) is 172 Å². The maximum absolute atomic E-state index is 6.74. The fourth-order valence-electron chi connectivity index (χ4n) is 8.32. The molecule has 3 aromatic heterocycles. The fourth-order valence-corrected chi connectivity index (χ4v) is 8.32. The summed E-state index contributed by atoms with van der Waals surface area (Å²) in [5.41, 5.74) is 9.40. The van der Waals surface area contributed by atoms with Gasteiger partial charge < -0.3 is 4.74 Å². The molecule has 5 heterocycles. The average Bonchev–Trinajstić information content (AvgIpc) is 3.79. The van der Waals surface area contributed by atoms with Crippen LogP contribution in [0.5, 0.6) is 11.5 Å². The first-order chi connectivity index (χ1) is 23.2. The van der Waals surface area contributed by atoms with Gasteiger partial charge in [0, 0.05) is 5.39 Å². The van der Waals surface area contributed by atoms with Gasteiger partial charge in [0.1, 0.15) is 34.0 Å². The number of benzene rings is 6. The highest BCUT2D eigenvalue weighted by molar-refractivity contribution is 6.13. The van der Waals surface area contributed by atoms with Gasteiger partial charge in [0.15, 0.2) is 0 Å². The highest BCUT2D eigenvalue weighted by Crippen LogP contribution is 2.51. The summed E-state index contributed by atoms with van der Waals surface area (Å²) in [7, 11) is 2.13. The number of aromatic nitrogens is 4. The second-order valence-corrected chi connectivity index (χ2v) is 12.7. The predicted octanol–water partition coefficient (Wildman–Crippen LogP) is 8.72. The Hall–Kier alpha value is -6.20. The molecule has 5 nitrogen and oxygen atoms in total. The van der Waals surface area contributed by atoms with Crippen molar-refractivity contribution in [1.82, 2.24) is 9.25 Å². The molecule has 47 heavy (non-hydrogen) atoms. The zero-order valence-corrected chi connectivity index (χ0v) is 25.6. The molecule has 9 aromatic rings. The quantitative estimate of drug-likeness (QED) is 0.143. The molecule has 0 fully saturated rings. The van der Waals surface area contributed by atoms with Crippen molar-refractivity contribution in [3.8, 4) is 34.0 Å². The van der Waals surface area contributed by atoms with E-state index in [1.165, 1.54) is 54.5 Å². The van der Waals surface area contributed by atoms with Crippen LogP contribution in [0.2, 0.25) is 0 Å². The molecule has 0 N–H and O–H groups in total. The second kappa shape index (κ2) is 8.95. The van der Waals surface area contributed by atoms with Crippen LogP contribution >= 0.6 is 0 Å². The monoisotopic (exact) mass is 604 g/mol. The molecule has 0 saturated carbocycles. The van der Waals surface area contributed by atoms with E-state index in [9.17, 15) is 0 Å². The molecule has 2 aliphatic heterocycles. The van der Waals surface area contributed by atoms with Gasteiger partial charge in [-0.2, -0.15) is 4.57 Å². The molecule has 11 rings (SSSR count). The summed E-state index contributed by atoms with van der Waals surface area (Å²) in [6, 6.07) is 45.7. The molecular weight excluding hydrogens is 576 g/mol. The lowest BCUT2D eigenvalue weighted by atomic mass is 9.92. The first-order valence-corrected chi connectivity index (χ1v) is 16.1. The van der Waals surface area contributed by atoms with E-state index in [1.54, 1.807) is 0 Å². The number of aryl methyl sites for hydroxylation is 1. The summed E-state index contributed by atoms with van der Waals surface area (Å²) in [6.07, 6.45) is 6.77. The van der Waals surface area contributed by atoms with Crippen LogP contribution in [0.15, 0.2) is 146 Å². The first-order valence-electron chi connectivity index (χ1n) is 16.1. The highest BCUT2D eigenvalue weighted by Gasteiger charge is 2.48. The van der Waals surface area contributed by atoms with Crippen LogP contribution < -0.4 is 14.0 Å². The molecule has 1 unspecified atom stereocenters. The number of hydrogen-bond acceptors (Lipinski definition) is 1. The van der Waals surface area contributed by atoms with Crippen LogP contribution in [0.4, 0.5) is 0 Å². The van der Waals surface area contributed by atoms with Crippen molar-refractivity contribution in [3.05, 3.63) is 157 Å². The summed E-state index contributed by atoms with van der Waals surface area (Å²) < 4.78 is 16.1. The van der Waals surface area contributed by atoms with Crippen LogP contribution in [0, 0.1) is 0 Å². The van der Waals surface area contributed by atoms with Crippen molar-refractivity contribution in [2.45, 2.75) is 6.04 Å². The topological polar surface area (TPSA) is 26.8 Å². The fraction of sp³-hybridized carbons (Fsp3) is 0.0476. The Balaban J connectivity index is 1.20. The smallest absolute Gasteiger partial charge is 0.294 e. The van der Waals surface area contributed by atoms with Crippen LogP contribution in [-0.4, -0.2) is 9.25 Å². The number of ether oxygens (including phenoxy) is 1. The lowest BCUT2D eigenvalue weighted by molar-refractivity contribution is -0.765. The number of rotatable bonds is 2. The maximum Gasteiger partial charge on any atom is 0.294 e. The van der Waals surface area contributed by atoms with Crippen molar-refractivity contribution >= 4 is 43.5 Å². The molecule has 0 saturated heterocycles. The van der Waals surface area contributed by atoms with Gasteiger partial charge in [-0.25, -0.2) is 4.57 Å². The molecule has 0 aliphatic carbocycles. The van der Waals surface area contributed by atoms with Crippen molar-refractivity contribution in [3.63, 3.8) is 0 Å². The molecular formula is C42H28N4O+2. The van der Waals surface area contributed by atoms with Crippen LogP contribution in [0.25, 0.3) is 66.0 Å². The van der Waals surface area contributed by atoms with E-state index in [4.69, 9.17) is 4.74 Å². The van der Waals surface area contributed by atoms with Crippen LogP contribution in [0.1, 0.15) is 17.2 Å². The molecule has 2 aliphatic rings. The average molecular weight is 605 g/mol. The van der Waals surface area contributed by atoms with Crippen molar-refractivity contribution in [2.24, 2.45) is 7.05 Å². The number of fused-ring (bicyclic) bond motifs is 11. The largest absolute Gasteiger partial charge is 0.456 e. The normalized spacial score (nSPS) is 14.4. The van der Waals surface area contributed by atoms with E-state index >= 15 is 0 Å². The summed E-state index contributed by atoms with van der Waals surface area (Å²) in [5, 5.41) is 7.53. The Morgan fingerprint density at radius 2 is 1.30 bits per heavy atom. The van der Waals surface area contributed by atoms with Crippen LogP contribution in [-0.2, 0) is 7.05 Å². The van der Waals surface area contributed by atoms with E-state index < -0.39 is 0 Å². The zero-order valence-electron chi connectivity index (χ0n) is 25.6. The van der Waals surface area contributed by atoms with Crippen molar-refractivity contribution in [2.75, 3.05) is 0 Å². The summed E-state index contributed by atoms with van der Waals surface area (Å²) >= 11 is 0. The molecule has 0 amide bonds. The molecule has 5 heteroatoms. The predicted molar refractivity (Wildman–Crippen MR) is 186 cm³/mol. The van der Waals surface area contributed by atoms with E-state index in [0.29, 0.717) is 0 Å². The highest BCUT2D eigenvalue weighted by atomic mass is 16.5. The minimum absolute atomic E-state index is 0.0631. The first kappa shape index (κ1) is 25.0. The molecule has 0 radical (unpaired) electrons. The Kier molecular flexibility index (Phi) is 4.77. The number of hydrogen-bond donors (Lipinski definition) is 0. The maximum atomic E-state index is 6.74. The van der Waals surface area contributed by atoms with Gasteiger partial charge in [-0.05, 0) is 81.7 Å². The number of para-hydroxylation sites is 1. The molecule has 1 atom stereocenters. The molecule has 0 spiro atoms. The van der Waals surface area contributed by atoms with Gasteiger partial charge in [0.2, 0.25) is 12.2 Å². The minimum atomic E-state index is -0.0631. The summed E-state index contributed by atoms with van der Waals surface area (Å²) in [5.74, 6) is 1.81. The number of pyridine rings is 1. The van der Waals surface area contributed by atoms with Gasteiger partial charge in [-0.15, -0.1) is 4.68 Å². The zero-order chi connectivity index (χ0) is 30.8. The number of nitrogens with zero attached hydrogens (tertiary/aromatic N) is 4. The SMILES string of the molecule is C[n+]1cccc2c3ccccc3n(-c3cccc4c3C3c5c(cccc5-n5cc(-c6cc7ccccc7c7ccccc67)c[n+]53)O4)c21. The Morgan fingerprint density at radius 1 is 0.617 bits per heavy atom. The van der Waals surface area contributed by atoms with E-state index in [-0.39, 0.29) is 6.04 Å². The second-order valence-electron chi connectivity index (χ2n) is 12.7. The lowest BCUT2D eigenvalue weighted by Gasteiger charge is -2.22. The van der Waals surface area contributed by atoms with E-state index in [0.717, 1.165) is 34.1 Å². The Labute approximate surface area is 270 Å². The van der Waals surface area contributed by atoms with Gasteiger partial charge in [0.05, 0.1) is 36.0 Å². The van der Waals surface area contributed by atoms with Gasteiger partial charge >= 0.3 is 0 Å². The third-order valence-electron chi connectivity index (χ3n) is 10.3. The standard InChI is InChI=1S/C42H28N4O/c1-43-22-10-16-32-31-15-6-7-17-34(31)46(42(32)43)36-19-9-21-38-40(36)41-39-35(18-8-20-37(39)47-38)44-24-27(25-45(41)44)33-23-26-11-2-3-12-28(26)29-13-4-5-14-30(29)33/h2-25,41H,1H3/q+2. The van der Waals surface area contributed by atoms with Gasteiger partial charge in [-0.1, -0.05) is 77.5 Å². The minimum Gasteiger partial charge on any atom is -0.456 e. The molecule has 6 aromatic carbocycles. The summed E-state index contributed by atoms with van der Waals surface area (Å²) in [6.45, 7) is 0. The Bertz CT molecular complexity index is 2800. The molecule has 220 valence electrons. The van der Waals surface area contributed by atoms with Crippen LogP contribution in [0.3, 0.4) is 0 Å². The summed E-state index contributed by atoms with van der Waals surface area (Å²) in [4.78, 5) is 0. The lowest BCUT2D eigenvalue weighted by Crippen LogP contribution is -2.43. The third kappa shape index (κ3) is 3.22. The van der Waals surface area contributed by atoms with Crippen molar-refractivity contribution < 1.29 is 14.0 Å². The Morgan fingerprint density at radius 3 is 2.15 bits per heavy atom. The van der Waals surface area contributed by atoms with Gasteiger partial charge in [-0.3, -0.25) is 0 Å². The van der Waals surface area contributed by atoms with Gasteiger partial charge in [0.25, 0.3) is 5.65 Å².